The van der Waals surface area contributed by atoms with Crippen LogP contribution in [0, 0.1) is 11.8 Å². The maximum Gasteiger partial charge on any atom is 0.325 e. The van der Waals surface area contributed by atoms with E-state index in [1.165, 1.54) is 0 Å². The van der Waals surface area contributed by atoms with E-state index >= 15 is 0 Å². The van der Waals surface area contributed by atoms with Crippen molar-refractivity contribution in [3.8, 4) is 11.5 Å². The predicted molar refractivity (Wildman–Crippen MR) is 118 cm³/mol. The highest BCUT2D eigenvalue weighted by molar-refractivity contribution is 6.09. The van der Waals surface area contributed by atoms with Crippen LogP contribution >= 0.6 is 0 Å². The van der Waals surface area contributed by atoms with Crippen molar-refractivity contribution < 1.29 is 23.9 Å². The molecule has 4 rings (SSSR count). The topological polar surface area (TPSA) is 97.0 Å². The van der Waals surface area contributed by atoms with Gasteiger partial charge in [0.25, 0.3) is 5.91 Å². The summed E-state index contributed by atoms with van der Waals surface area (Å²) in [7, 11) is 0. The van der Waals surface area contributed by atoms with Crippen molar-refractivity contribution in [1.82, 2.24) is 15.5 Å². The third-order valence-electron chi connectivity index (χ3n) is 6.92. The molecule has 2 aliphatic heterocycles. The average Bonchev–Trinajstić information content (AvgIpc) is 2.92. The molecule has 0 bridgehead atoms. The lowest BCUT2D eigenvalue weighted by atomic mass is 9.73. The quantitative estimate of drug-likeness (QED) is 0.682. The van der Waals surface area contributed by atoms with Crippen LogP contribution in [0.15, 0.2) is 18.2 Å². The summed E-state index contributed by atoms with van der Waals surface area (Å²) in [5, 5.41) is 5.92. The Morgan fingerprint density at radius 3 is 2.66 bits per heavy atom. The molecular weight excluding hydrogens is 410 g/mol. The van der Waals surface area contributed by atoms with Gasteiger partial charge in [-0.05, 0) is 42.4 Å². The largest absolute Gasteiger partial charge is 0.490 e. The first-order valence-electron chi connectivity index (χ1n) is 11.6. The van der Waals surface area contributed by atoms with Crippen LogP contribution in [0.4, 0.5) is 4.79 Å². The van der Waals surface area contributed by atoms with Crippen LogP contribution in [-0.2, 0) is 9.59 Å². The molecule has 174 valence electrons. The van der Waals surface area contributed by atoms with Gasteiger partial charge in [0.15, 0.2) is 11.5 Å². The lowest BCUT2D eigenvalue weighted by Gasteiger charge is -2.36. The van der Waals surface area contributed by atoms with Gasteiger partial charge in [0.2, 0.25) is 5.91 Å². The van der Waals surface area contributed by atoms with E-state index in [0.717, 1.165) is 36.1 Å². The lowest BCUT2D eigenvalue weighted by molar-refractivity contribution is -0.137. The normalized spacial score (nSPS) is 26.1. The first kappa shape index (κ1) is 22.4. The van der Waals surface area contributed by atoms with Crippen LogP contribution in [0.1, 0.15) is 64.5 Å². The molecule has 1 aliphatic carbocycles. The molecule has 1 aromatic carbocycles. The molecule has 0 aromatic heterocycles. The zero-order valence-electron chi connectivity index (χ0n) is 19.1. The number of nitrogens with zero attached hydrogens (tertiary/aromatic N) is 1. The van der Waals surface area contributed by atoms with Crippen molar-refractivity contribution in [2.45, 2.75) is 64.5 Å². The molecule has 0 radical (unpaired) electrons. The molecule has 2 fully saturated rings. The van der Waals surface area contributed by atoms with E-state index in [1.54, 1.807) is 0 Å². The van der Waals surface area contributed by atoms with Crippen molar-refractivity contribution >= 4 is 17.8 Å². The summed E-state index contributed by atoms with van der Waals surface area (Å²) in [5.41, 5.74) is 0.0358. The Bertz CT molecular complexity index is 902. The summed E-state index contributed by atoms with van der Waals surface area (Å²) in [6.45, 7) is 6.94. The van der Waals surface area contributed by atoms with E-state index in [0.29, 0.717) is 31.1 Å². The minimum Gasteiger partial charge on any atom is -0.490 e. The monoisotopic (exact) mass is 443 g/mol. The molecule has 8 nitrogen and oxygen atoms in total. The minimum atomic E-state index is -0.860. The van der Waals surface area contributed by atoms with Gasteiger partial charge >= 0.3 is 6.03 Å². The number of amides is 4. The van der Waals surface area contributed by atoms with Gasteiger partial charge in [0, 0.05) is 6.42 Å². The van der Waals surface area contributed by atoms with E-state index in [9.17, 15) is 14.4 Å². The maximum atomic E-state index is 13.2. The summed E-state index contributed by atoms with van der Waals surface area (Å²) >= 11 is 0. The second-order valence-corrected chi connectivity index (χ2v) is 9.49. The Kier molecular flexibility index (Phi) is 6.31. The Morgan fingerprint density at radius 2 is 1.94 bits per heavy atom. The second kappa shape index (κ2) is 9.00. The Labute approximate surface area is 189 Å². The SMILES string of the molecule is CC(C)[C@H](NC(=O)CN1C(=O)N[C@@]2(CCCC[C@H]2C)C1=O)c1ccc2c(c1)OCCCO2. The first-order chi connectivity index (χ1) is 15.3. The Hall–Kier alpha value is -2.77. The number of nitrogens with one attached hydrogen (secondary N) is 2. The van der Waals surface area contributed by atoms with Crippen LogP contribution in [0.3, 0.4) is 0 Å². The highest BCUT2D eigenvalue weighted by Gasteiger charge is 2.55. The Morgan fingerprint density at radius 1 is 1.19 bits per heavy atom. The number of hydrogen-bond donors (Lipinski definition) is 2. The fourth-order valence-electron chi connectivity index (χ4n) is 5.01. The molecular formula is C24H33N3O5. The third-order valence-corrected chi connectivity index (χ3v) is 6.92. The van der Waals surface area contributed by atoms with Gasteiger partial charge in [-0.3, -0.25) is 14.5 Å². The number of carbonyl (C=O) groups excluding carboxylic acids is 3. The molecule has 8 heteroatoms. The summed E-state index contributed by atoms with van der Waals surface area (Å²) in [5.74, 6) is 0.886. The molecule has 1 saturated heterocycles. The van der Waals surface area contributed by atoms with Crippen molar-refractivity contribution in [1.29, 1.82) is 0 Å². The van der Waals surface area contributed by atoms with Gasteiger partial charge in [-0.1, -0.05) is 39.7 Å². The number of imide groups is 1. The predicted octanol–water partition coefficient (Wildman–Crippen LogP) is 3.16. The smallest absolute Gasteiger partial charge is 0.325 e. The van der Waals surface area contributed by atoms with Crippen LogP contribution < -0.4 is 20.1 Å². The molecule has 4 amide bonds. The van der Waals surface area contributed by atoms with E-state index in [-0.39, 0.29) is 36.2 Å². The number of hydrogen-bond acceptors (Lipinski definition) is 5. The lowest BCUT2D eigenvalue weighted by Crippen LogP contribution is -2.54. The van der Waals surface area contributed by atoms with Gasteiger partial charge in [-0.2, -0.15) is 0 Å². The first-order valence-corrected chi connectivity index (χ1v) is 11.6. The maximum absolute atomic E-state index is 13.2. The molecule has 1 saturated carbocycles. The highest BCUT2D eigenvalue weighted by Crippen LogP contribution is 2.38. The molecule has 2 heterocycles. The standard InChI is InChI=1S/C24H33N3O5/c1-15(2)21(17-8-9-18-19(13-17)32-12-6-11-31-18)25-20(28)14-27-22(29)24(26-23(27)30)10-5-4-7-16(24)3/h8-9,13,15-16,21H,4-7,10-12,14H2,1-3H3,(H,25,28)(H,26,30)/t16-,21+,24-/m1/s1. The zero-order chi connectivity index (χ0) is 22.9. The number of urea groups is 1. The number of carbonyl (C=O) groups is 3. The van der Waals surface area contributed by atoms with Gasteiger partial charge < -0.3 is 20.1 Å². The third kappa shape index (κ3) is 4.14. The van der Waals surface area contributed by atoms with Gasteiger partial charge in [-0.25, -0.2) is 4.79 Å². The molecule has 1 aromatic rings. The Balaban J connectivity index is 1.47. The van der Waals surface area contributed by atoms with Gasteiger partial charge in [0.05, 0.1) is 19.3 Å². The van der Waals surface area contributed by atoms with Crippen molar-refractivity contribution in [2.24, 2.45) is 11.8 Å². The van der Waals surface area contributed by atoms with E-state index in [4.69, 9.17) is 9.47 Å². The molecule has 1 spiro atoms. The fourth-order valence-corrected chi connectivity index (χ4v) is 5.01. The van der Waals surface area contributed by atoms with E-state index in [1.807, 2.05) is 39.0 Å². The van der Waals surface area contributed by atoms with Crippen molar-refractivity contribution in [3.63, 3.8) is 0 Å². The number of benzene rings is 1. The molecule has 2 N–H and O–H groups in total. The van der Waals surface area contributed by atoms with E-state index < -0.39 is 11.6 Å². The summed E-state index contributed by atoms with van der Waals surface area (Å²) in [4.78, 5) is 39.8. The minimum absolute atomic E-state index is 0.0611. The molecule has 32 heavy (non-hydrogen) atoms. The number of rotatable bonds is 5. The summed E-state index contributed by atoms with van der Waals surface area (Å²) in [6, 6.07) is 4.92. The highest BCUT2D eigenvalue weighted by atomic mass is 16.5. The second-order valence-electron chi connectivity index (χ2n) is 9.49. The van der Waals surface area contributed by atoms with Gasteiger partial charge in [0.1, 0.15) is 12.1 Å². The molecule has 3 atom stereocenters. The van der Waals surface area contributed by atoms with Gasteiger partial charge in [-0.15, -0.1) is 0 Å². The van der Waals surface area contributed by atoms with Crippen molar-refractivity contribution in [3.05, 3.63) is 23.8 Å². The van der Waals surface area contributed by atoms with E-state index in [2.05, 4.69) is 10.6 Å². The zero-order valence-corrected chi connectivity index (χ0v) is 19.1. The molecule has 0 unspecified atom stereocenters. The van der Waals surface area contributed by atoms with Crippen LogP contribution in [0.2, 0.25) is 0 Å². The number of fused-ring (bicyclic) bond motifs is 1. The van der Waals surface area contributed by atoms with Crippen molar-refractivity contribution in [2.75, 3.05) is 19.8 Å². The summed E-state index contributed by atoms with van der Waals surface area (Å²) < 4.78 is 11.5. The summed E-state index contributed by atoms with van der Waals surface area (Å²) in [6.07, 6.45) is 4.29. The average molecular weight is 444 g/mol. The number of ether oxygens (including phenoxy) is 2. The van der Waals surface area contributed by atoms with Crippen LogP contribution in [0.25, 0.3) is 0 Å². The van der Waals surface area contributed by atoms with Crippen LogP contribution in [0.5, 0.6) is 11.5 Å². The van der Waals surface area contributed by atoms with Crippen LogP contribution in [-0.4, -0.2) is 48.0 Å². The molecule has 3 aliphatic rings. The fraction of sp³-hybridized carbons (Fsp3) is 0.625.